The number of aryl methyl sites for hydroxylation is 12. The average molecular weight is 2060 g/mol. The van der Waals surface area contributed by atoms with Crippen molar-refractivity contribution in [2.45, 2.75) is 81.7 Å². The summed E-state index contributed by atoms with van der Waals surface area (Å²) >= 11 is 9.91. The van der Waals surface area contributed by atoms with Gasteiger partial charge in [0.1, 0.15) is 0 Å². The molecule has 5 heterocycles. The van der Waals surface area contributed by atoms with Gasteiger partial charge in [0, 0.05) is 157 Å². The molecule has 0 radical (unpaired) electrons. The number of hydrogen-bond donors (Lipinski definition) is 5. The van der Waals surface area contributed by atoms with E-state index in [2.05, 4.69) is 68.5 Å². The van der Waals surface area contributed by atoms with E-state index in [1.165, 1.54) is 22.6 Å². The summed E-state index contributed by atoms with van der Waals surface area (Å²) in [5.74, 6) is -0.573. The maximum absolute atomic E-state index is 13.7. The first-order valence-electron chi connectivity index (χ1n) is 49.5. The zero-order valence-electron chi connectivity index (χ0n) is 84.5. The summed E-state index contributed by atoms with van der Waals surface area (Å²) < 4.78 is 8.80. The molecular weight excluding hydrogens is 1960 g/mol. The number of rotatable bonds is 14. The molecule has 150 heavy (non-hydrogen) atoms. The minimum atomic E-state index is -0.356. The topological polar surface area (TPSA) is 273 Å². The van der Waals surface area contributed by atoms with Crippen molar-refractivity contribution in [1.29, 1.82) is 0 Å². The summed E-state index contributed by atoms with van der Waals surface area (Å²) in [4.78, 5) is 144. The third-order valence-corrected chi connectivity index (χ3v) is 30.1. The van der Waals surface area contributed by atoms with Crippen molar-refractivity contribution in [1.82, 2.24) is 22.8 Å². The van der Waals surface area contributed by atoms with E-state index in [0.29, 0.717) is 101 Å². The van der Waals surface area contributed by atoms with Gasteiger partial charge in [-0.3, -0.25) is 52.7 Å². The highest BCUT2D eigenvalue weighted by Crippen LogP contribution is 2.51. The van der Waals surface area contributed by atoms with E-state index in [-0.39, 0.29) is 68.1 Å². The molecule has 21 nitrogen and oxygen atoms in total. The Kier molecular flexibility index (Phi) is 25.6. The predicted molar refractivity (Wildman–Crippen MR) is 609 cm³/mol. The second-order valence-electron chi connectivity index (χ2n) is 38.8. The van der Waals surface area contributed by atoms with Crippen LogP contribution in [0.15, 0.2) is 332 Å². The number of Topliss-reactive ketones (excluding diaryl/α,β-unsaturated/α-hetero) is 1. The van der Waals surface area contributed by atoms with Gasteiger partial charge >= 0.3 is 0 Å². The van der Waals surface area contributed by atoms with Crippen LogP contribution >= 0.6 is 27.5 Å². The SMILES string of the molecule is CC(=O)c1c2c3c(c(Nc4ccc(C)cc4C)ccc3n(C)c1=O)C(=O)c1ccccc1-2.CCCCn1c(=O)cc2c3c(c(Nc4ccc(C)cc4)ccc31)C(=O)c1ccccc1-2.Cc1ccc(Nc2ccc3c4c(cc(=O)n3C)-c3ccccc3C(=O)c24)c(C)c1.Cc1ccc(Nc2ccc3c4c(cc(=O)n3C)-c3ccccc3C(=O)c24)cc1Cl.Cc1ccccc1Nc1cc(Br)c2c3c(cc(=O)n2C)-c2ccccc2C(=O)c13. The Morgan fingerprint density at radius 2 is 0.633 bits per heavy atom. The number of aromatic nitrogens is 5. The van der Waals surface area contributed by atoms with Crippen molar-refractivity contribution in [2.75, 3.05) is 26.6 Å². The van der Waals surface area contributed by atoms with Crippen LogP contribution in [-0.4, -0.2) is 57.5 Å². The van der Waals surface area contributed by atoms with Crippen molar-refractivity contribution in [2.24, 2.45) is 28.2 Å². The summed E-state index contributed by atoms with van der Waals surface area (Å²) in [6, 6.07) is 94.8. The fourth-order valence-corrected chi connectivity index (χ4v) is 22.3. The lowest BCUT2D eigenvalue weighted by Crippen LogP contribution is -2.27. The van der Waals surface area contributed by atoms with Gasteiger partial charge in [-0.25, -0.2) is 0 Å². The largest absolute Gasteiger partial charge is 0.355 e. The smallest absolute Gasteiger partial charge is 0.262 e. The number of ketones is 6. The molecule has 0 unspecified atom stereocenters. The molecule has 0 bridgehead atoms. The van der Waals surface area contributed by atoms with Crippen LogP contribution in [0.3, 0.4) is 0 Å². The zero-order valence-corrected chi connectivity index (χ0v) is 86.8. The van der Waals surface area contributed by atoms with Crippen LogP contribution in [-0.2, 0) is 34.7 Å². The van der Waals surface area contributed by atoms with Crippen molar-refractivity contribution < 1.29 is 28.8 Å². The first-order valence-corrected chi connectivity index (χ1v) is 50.6. The van der Waals surface area contributed by atoms with E-state index in [4.69, 9.17) is 11.6 Å². The minimum Gasteiger partial charge on any atom is -0.355 e. The molecule has 5 aromatic heterocycles. The van der Waals surface area contributed by atoms with Gasteiger partial charge in [-0.15, -0.1) is 0 Å². The number of pyridine rings is 5. The first kappa shape index (κ1) is 98.2. The molecule has 5 aliphatic carbocycles. The molecule has 738 valence electrons. The highest BCUT2D eigenvalue weighted by molar-refractivity contribution is 9.10. The number of carbonyl (C=O) groups is 6. The Balaban J connectivity index is 0.000000110. The lowest BCUT2D eigenvalue weighted by atomic mass is 9.80. The molecule has 0 amide bonds. The first-order chi connectivity index (χ1) is 72.2. The number of hydrogen-bond acceptors (Lipinski definition) is 16. The Labute approximate surface area is 876 Å². The molecule has 15 aromatic carbocycles. The molecule has 25 rings (SSSR count). The van der Waals surface area contributed by atoms with Crippen LogP contribution in [0.2, 0.25) is 5.02 Å². The van der Waals surface area contributed by atoms with E-state index in [1.807, 2.05) is 295 Å². The lowest BCUT2D eigenvalue weighted by Gasteiger charge is -2.25. The predicted octanol–water partition coefficient (Wildman–Crippen LogP) is 27.5. The molecular formula is C127H100BrClN10O11. The third kappa shape index (κ3) is 17.0. The van der Waals surface area contributed by atoms with E-state index in [9.17, 15) is 52.7 Å². The van der Waals surface area contributed by atoms with Crippen molar-refractivity contribution in [3.05, 3.63) is 465 Å². The quantitative estimate of drug-likeness (QED) is 0.0633. The highest BCUT2D eigenvalue weighted by atomic mass is 79.9. The molecule has 0 fully saturated rings. The molecule has 5 aliphatic rings. The second-order valence-corrected chi connectivity index (χ2v) is 40.0. The molecule has 0 spiro atoms. The Hall–Kier alpha value is -17.9. The molecule has 23 heteroatoms. The van der Waals surface area contributed by atoms with E-state index >= 15 is 0 Å². The maximum Gasteiger partial charge on any atom is 0.262 e. The van der Waals surface area contributed by atoms with Crippen molar-refractivity contribution in [3.63, 3.8) is 0 Å². The Morgan fingerprint density at radius 1 is 0.287 bits per heavy atom. The summed E-state index contributed by atoms with van der Waals surface area (Å²) in [5, 5.41) is 21.7. The molecule has 0 aliphatic heterocycles. The van der Waals surface area contributed by atoms with Crippen LogP contribution in [0, 0.1) is 48.5 Å². The maximum atomic E-state index is 13.7. The van der Waals surface area contributed by atoms with Gasteiger partial charge in [0.25, 0.3) is 27.8 Å². The number of nitrogens with zero attached hydrogens (tertiary/aromatic N) is 5. The van der Waals surface area contributed by atoms with E-state index < -0.39 is 0 Å². The molecule has 0 saturated heterocycles. The second kappa shape index (κ2) is 39.2. The molecule has 5 N–H and O–H groups in total. The summed E-state index contributed by atoms with van der Waals surface area (Å²) in [6.07, 6.45) is 1.91. The van der Waals surface area contributed by atoms with E-state index in [1.54, 1.807) is 84.4 Å². The van der Waals surface area contributed by atoms with Gasteiger partial charge in [0.2, 0.25) is 0 Å². The van der Waals surface area contributed by atoms with Crippen LogP contribution in [0.4, 0.5) is 56.9 Å². The van der Waals surface area contributed by atoms with Crippen LogP contribution in [0.25, 0.3) is 110 Å². The van der Waals surface area contributed by atoms with Crippen LogP contribution in [0.5, 0.6) is 0 Å². The van der Waals surface area contributed by atoms with Gasteiger partial charge in [0.05, 0.1) is 89.4 Å². The third-order valence-electron chi connectivity index (χ3n) is 29.1. The normalized spacial score (nSPS) is 12.1. The fraction of sp³-hybridized carbons (Fsp3) is 0.126. The lowest BCUT2D eigenvalue weighted by molar-refractivity contribution is 0.101. The molecule has 0 saturated carbocycles. The minimum absolute atomic E-state index is 0.0102. The zero-order chi connectivity index (χ0) is 105. The van der Waals surface area contributed by atoms with Gasteiger partial charge in [0.15, 0.2) is 34.7 Å². The summed E-state index contributed by atoms with van der Waals surface area (Å²) in [5.41, 5.74) is 32.5. The number of halogens is 2. The standard InChI is InChI=1S/C27H22N2O3.C27H24N2O2.C25H20N2O2.C24H17BrN2O2.C24H17ClN2O2/c1-14-9-10-19(15(2)13-14)28-20-11-12-21-25-23(22(16(3)30)27(32)29(21)4)17-7-5-6-8-18(17)26(31)24(20)25;1-3-4-15-29-23-14-13-22(28-18-11-9-17(2)10-12-18)26-25(23)21(16-24(29)30)19-7-5-6-8-20(19)27(26)31;1-14-8-9-19(15(2)12-14)26-20-10-11-21-23-18(13-22(28)27(21)3)16-6-4-5-7-17(16)25(29)24(20)23;1-13-7-3-6-10-18(13)26-19-12-17(25)23-21-16(11-20(28)27(23)2)14-8-4-5-9-15(14)24(29)22(19)21;1-13-7-8-14(11-18(13)25)26-19-9-10-20-22-17(12-21(28)27(20)2)15-5-3-4-6-16(15)24(29)23(19)22/h5-13,28H,1-4H3;5-14,16,28H,3-4,15H2,1-2H3;4-13,26H,1-3H3;2*3-12,26H,1-2H3. The van der Waals surface area contributed by atoms with Crippen LogP contribution < -0.4 is 54.4 Å². The number of benzene rings is 15. The molecule has 20 aromatic rings. The van der Waals surface area contributed by atoms with E-state index in [0.717, 1.165) is 179 Å². The number of anilines is 10. The van der Waals surface area contributed by atoms with Crippen molar-refractivity contribution in [3.8, 4) is 55.6 Å². The number of para-hydroxylation sites is 1. The fourth-order valence-electron chi connectivity index (χ4n) is 21.5. The summed E-state index contributed by atoms with van der Waals surface area (Å²) in [6.45, 7) is 18.3. The Bertz CT molecular complexity index is 9680. The average Bonchev–Trinajstić information content (AvgIpc) is 0.677. The van der Waals surface area contributed by atoms with Gasteiger partial charge < -0.3 is 49.4 Å². The van der Waals surface area contributed by atoms with Gasteiger partial charge in [-0.2, -0.15) is 0 Å². The van der Waals surface area contributed by atoms with Gasteiger partial charge in [-0.05, 0) is 247 Å². The highest BCUT2D eigenvalue weighted by Gasteiger charge is 2.38. The van der Waals surface area contributed by atoms with Gasteiger partial charge in [-0.1, -0.05) is 224 Å². The number of carbonyl (C=O) groups excluding carboxylic acids is 6. The monoisotopic (exact) mass is 2050 g/mol. The number of nitrogens with one attached hydrogen (secondary N) is 5. The Morgan fingerprint density at radius 3 is 1.08 bits per heavy atom. The number of unbranched alkanes of at least 4 members (excludes halogenated alkanes) is 1. The number of fused-ring (bicyclic) bond motifs is 10. The summed E-state index contributed by atoms with van der Waals surface area (Å²) in [7, 11) is 6.84. The molecule has 0 atom stereocenters. The van der Waals surface area contributed by atoms with Crippen LogP contribution in [0.1, 0.15) is 156 Å². The van der Waals surface area contributed by atoms with Crippen molar-refractivity contribution >= 4 is 174 Å².